The van der Waals surface area contributed by atoms with Gasteiger partial charge in [-0.2, -0.15) is 0 Å². The summed E-state index contributed by atoms with van der Waals surface area (Å²) in [4.78, 5) is 0. The largest absolute Gasteiger partial charge is 0.380 e. The number of nitrogens with two attached hydrogens (primary N) is 1. The van der Waals surface area contributed by atoms with Gasteiger partial charge in [-0.15, -0.1) is 0 Å². The minimum absolute atomic E-state index is 0.455. The number of rotatable bonds is 2. The molecule has 0 bridgehead atoms. The normalized spacial score (nSPS) is 22.4. The SMILES string of the molecule is Cc1ccc(-c2c(N)noc2C2CCCC2C)cc1C. The maximum Gasteiger partial charge on any atom is 0.175 e. The summed E-state index contributed by atoms with van der Waals surface area (Å²) in [6.07, 6.45) is 3.70. The van der Waals surface area contributed by atoms with E-state index in [2.05, 4.69) is 44.1 Å². The molecule has 3 nitrogen and oxygen atoms in total. The molecule has 1 saturated carbocycles. The topological polar surface area (TPSA) is 52.0 Å². The molecule has 1 fully saturated rings. The maximum absolute atomic E-state index is 6.07. The summed E-state index contributed by atoms with van der Waals surface area (Å²) in [5.41, 5.74) is 10.8. The molecule has 2 unspecified atom stereocenters. The molecule has 0 aliphatic heterocycles. The van der Waals surface area contributed by atoms with Crippen LogP contribution in [0.25, 0.3) is 11.1 Å². The molecule has 1 aromatic carbocycles. The van der Waals surface area contributed by atoms with Crippen molar-refractivity contribution in [1.29, 1.82) is 0 Å². The van der Waals surface area contributed by atoms with Crippen molar-refractivity contribution in [2.24, 2.45) is 5.92 Å². The molecule has 0 spiro atoms. The summed E-state index contributed by atoms with van der Waals surface area (Å²) in [5.74, 6) is 2.60. The Morgan fingerprint density at radius 3 is 2.65 bits per heavy atom. The molecule has 1 aliphatic rings. The molecular formula is C17H22N2O. The van der Waals surface area contributed by atoms with E-state index in [9.17, 15) is 0 Å². The lowest BCUT2D eigenvalue weighted by molar-refractivity contribution is 0.341. The number of benzene rings is 1. The zero-order valence-electron chi connectivity index (χ0n) is 12.4. The standard InChI is InChI=1S/C17H22N2O/c1-10-7-8-13(9-12(10)3)15-16(20-19-17(15)18)14-6-4-5-11(14)2/h7-9,11,14H,4-6H2,1-3H3,(H2,18,19). The van der Waals surface area contributed by atoms with Gasteiger partial charge in [-0.25, -0.2) is 0 Å². The van der Waals surface area contributed by atoms with Gasteiger partial charge in [0.25, 0.3) is 0 Å². The van der Waals surface area contributed by atoms with Gasteiger partial charge in [0, 0.05) is 5.92 Å². The second-order valence-electron chi connectivity index (χ2n) is 6.12. The molecule has 2 atom stereocenters. The van der Waals surface area contributed by atoms with Crippen LogP contribution in [0.15, 0.2) is 22.7 Å². The van der Waals surface area contributed by atoms with Crippen LogP contribution < -0.4 is 5.73 Å². The van der Waals surface area contributed by atoms with Crippen molar-refractivity contribution in [2.75, 3.05) is 5.73 Å². The van der Waals surface area contributed by atoms with Gasteiger partial charge in [0.15, 0.2) is 5.82 Å². The summed E-state index contributed by atoms with van der Waals surface area (Å²) in [7, 11) is 0. The molecule has 2 aromatic rings. The number of aryl methyl sites for hydroxylation is 2. The van der Waals surface area contributed by atoms with E-state index in [1.807, 2.05) is 0 Å². The van der Waals surface area contributed by atoms with Gasteiger partial charge in [0.2, 0.25) is 0 Å². The Morgan fingerprint density at radius 1 is 1.20 bits per heavy atom. The molecule has 106 valence electrons. The van der Waals surface area contributed by atoms with Crippen LogP contribution in [0.4, 0.5) is 5.82 Å². The monoisotopic (exact) mass is 270 g/mol. The first-order chi connectivity index (χ1) is 9.58. The predicted molar refractivity (Wildman–Crippen MR) is 81.6 cm³/mol. The molecule has 1 aromatic heterocycles. The number of nitrogens with zero attached hydrogens (tertiary/aromatic N) is 1. The third kappa shape index (κ3) is 2.11. The van der Waals surface area contributed by atoms with Crippen molar-refractivity contribution < 1.29 is 4.52 Å². The fourth-order valence-electron chi connectivity index (χ4n) is 3.29. The van der Waals surface area contributed by atoms with Crippen molar-refractivity contribution in [3.05, 3.63) is 35.1 Å². The van der Waals surface area contributed by atoms with E-state index in [4.69, 9.17) is 10.3 Å². The van der Waals surface area contributed by atoms with Gasteiger partial charge in [-0.1, -0.05) is 36.7 Å². The summed E-state index contributed by atoms with van der Waals surface area (Å²) in [5, 5.41) is 4.03. The number of hydrogen-bond acceptors (Lipinski definition) is 3. The predicted octanol–water partition coefficient (Wildman–Crippen LogP) is 4.44. The molecule has 0 saturated heterocycles. The van der Waals surface area contributed by atoms with Crippen LogP contribution in [-0.4, -0.2) is 5.16 Å². The maximum atomic E-state index is 6.07. The van der Waals surface area contributed by atoms with Crippen molar-refractivity contribution in [3.63, 3.8) is 0 Å². The lowest BCUT2D eigenvalue weighted by Crippen LogP contribution is -2.03. The molecule has 0 radical (unpaired) electrons. The lowest BCUT2D eigenvalue weighted by atomic mass is 9.90. The molecule has 3 rings (SSSR count). The Hall–Kier alpha value is -1.77. The second-order valence-corrected chi connectivity index (χ2v) is 6.12. The molecule has 2 N–H and O–H groups in total. The molecule has 3 heteroatoms. The van der Waals surface area contributed by atoms with Gasteiger partial charge in [-0.3, -0.25) is 0 Å². The van der Waals surface area contributed by atoms with Gasteiger partial charge < -0.3 is 10.3 Å². The smallest absolute Gasteiger partial charge is 0.175 e. The molecule has 20 heavy (non-hydrogen) atoms. The van der Waals surface area contributed by atoms with E-state index in [0.29, 0.717) is 17.7 Å². The zero-order chi connectivity index (χ0) is 14.3. The summed E-state index contributed by atoms with van der Waals surface area (Å²) >= 11 is 0. The van der Waals surface area contributed by atoms with Crippen molar-refractivity contribution in [3.8, 4) is 11.1 Å². The van der Waals surface area contributed by atoms with Crippen LogP contribution in [0.2, 0.25) is 0 Å². The van der Waals surface area contributed by atoms with Gasteiger partial charge >= 0.3 is 0 Å². The number of anilines is 1. The molecule has 1 aliphatic carbocycles. The highest BCUT2D eigenvalue weighted by atomic mass is 16.5. The Labute approximate surface area is 120 Å². The average molecular weight is 270 g/mol. The fourth-order valence-corrected chi connectivity index (χ4v) is 3.29. The highest BCUT2D eigenvalue weighted by Gasteiger charge is 2.32. The summed E-state index contributed by atoms with van der Waals surface area (Å²) < 4.78 is 5.60. The van der Waals surface area contributed by atoms with Crippen LogP contribution in [0.5, 0.6) is 0 Å². The van der Waals surface area contributed by atoms with Gasteiger partial charge in [0.05, 0.1) is 5.56 Å². The van der Waals surface area contributed by atoms with Crippen molar-refractivity contribution >= 4 is 5.82 Å². The first kappa shape index (κ1) is 13.2. The van der Waals surface area contributed by atoms with E-state index < -0.39 is 0 Å². The zero-order valence-corrected chi connectivity index (χ0v) is 12.4. The van der Waals surface area contributed by atoms with E-state index in [-0.39, 0.29) is 0 Å². The average Bonchev–Trinajstić information content (AvgIpc) is 2.99. The van der Waals surface area contributed by atoms with E-state index in [1.165, 1.54) is 30.4 Å². The fraction of sp³-hybridized carbons (Fsp3) is 0.471. The first-order valence-corrected chi connectivity index (χ1v) is 7.40. The van der Waals surface area contributed by atoms with Crippen molar-refractivity contribution in [1.82, 2.24) is 5.16 Å². The quantitative estimate of drug-likeness (QED) is 0.877. The highest BCUT2D eigenvalue weighted by molar-refractivity contribution is 5.76. The van der Waals surface area contributed by atoms with Gasteiger partial charge in [-0.05, 0) is 49.3 Å². The minimum atomic E-state index is 0.455. The minimum Gasteiger partial charge on any atom is -0.380 e. The number of nitrogen functional groups attached to an aromatic ring is 1. The molecule has 0 amide bonds. The van der Waals surface area contributed by atoms with Crippen LogP contribution in [-0.2, 0) is 0 Å². The Balaban J connectivity index is 2.08. The first-order valence-electron chi connectivity index (χ1n) is 7.40. The van der Waals surface area contributed by atoms with Crippen molar-refractivity contribution in [2.45, 2.75) is 46.0 Å². The van der Waals surface area contributed by atoms with E-state index >= 15 is 0 Å². The van der Waals surface area contributed by atoms with E-state index in [0.717, 1.165) is 16.9 Å². The van der Waals surface area contributed by atoms with Gasteiger partial charge in [0.1, 0.15) is 5.76 Å². The summed E-state index contributed by atoms with van der Waals surface area (Å²) in [6.45, 7) is 6.54. The summed E-state index contributed by atoms with van der Waals surface area (Å²) in [6, 6.07) is 6.44. The van der Waals surface area contributed by atoms with Crippen LogP contribution in [0.1, 0.15) is 49.0 Å². The lowest BCUT2D eigenvalue weighted by Gasteiger charge is -2.14. The molecular weight excluding hydrogens is 248 g/mol. The highest BCUT2D eigenvalue weighted by Crippen LogP contribution is 2.44. The van der Waals surface area contributed by atoms with Crippen LogP contribution >= 0.6 is 0 Å². The Kier molecular flexibility index (Phi) is 3.28. The van der Waals surface area contributed by atoms with Crippen LogP contribution in [0.3, 0.4) is 0 Å². The third-order valence-electron chi connectivity index (χ3n) is 4.74. The Bertz CT molecular complexity index is 630. The number of hydrogen-bond donors (Lipinski definition) is 1. The van der Waals surface area contributed by atoms with Crippen LogP contribution in [0, 0.1) is 19.8 Å². The second kappa shape index (κ2) is 4.97. The Morgan fingerprint density at radius 2 is 2.00 bits per heavy atom. The number of aromatic nitrogens is 1. The third-order valence-corrected chi connectivity index (χ3v) is 4.74. The van der Waals surface area contributed by atoms with E-state index in [1.54, 1.807) is 0 Å². The molecule has 1 heterocycles.